The second-order valence-corrected chi connectivity index (χ2v) is 6.09. The number of nitrogen functional groups attached to an aromatic ring is 1. The summed E-state index contributed by atoms with van der Waals surface area (Å²) in [6.07, 6.45) is 8.47. The molecule has 2 heterocycles. The molecule has 1 fully saturated rings. The molecule has 1 atom stereocenters. The first-order valence-electron chi connectivity index (χ1n) is 7.41. The molecule has 1 saturated heterocycles. The summed E-state index contributed by atoms with van der Waals surface area (Å²) in [5.74, 6) is 8.05. The zero-order valence-electron chi connectivity index (χ0n) is 12.4. The van der Waals surface area contributed by atoms with Crippen LogP contribution in [0.4, 0.5) is 11.6 Å². The summed E-state index contributed by atoms with van der Waals surface area (Å²) < 4.78 is 0. The number of nitrogens with two attached hydrogens (primary N) is 1. The number of rotatable bonds is 5. The number of nitrogens with zero attached hydrogens (tertiary/aromatic N) is 3. The number of nitrogens with one attached hydrogen (secondary N) is 1. The Hall–Kier alpha value is -1.01. The molecule has 0 amide bonds. The van der Waals surface area contributed by atoms with Gasteiger partial charge >= 0.3 is 0 Å². The van der Waals surface area contributed by atoms with E-state index in [2.05, 4.69) is 27.2 Å². The highest BCUT2D eigenvalue weighted by molar-refractivity contribution is 7.98. The largest absolute Gasteiger partial charge is 0.356 e. The number of aromatic nitrogens is 2. The molecule has 6 heteroatoms. The fourth-order valence-corrected chi connectivity index (χ4v) is 3.21. The van der Waals surface area contributed by atoms with E-state index in [1.807, 2.05) is 12.3 Å². The van der Waals surface area contributed by atoms with Crippen molar-refractivity contribution >= 4 is 23.4 Å². The monoisotopic (exact) mass is 295 g/mol. The van der Waals surface area contributed by atoms with Crippen molar-refractivity contribution in [2.45, 2.75) is 44.2 Å². The lowest BCUT2D eigenvalue weighted by Gasteiger charge is -2.22. The van der Waals surface area contributed by atoms with E-state index in [4.69, 9.17) is 5.84 Å². The Balaban J connectivity index is 2.10. The molecule has 1 aliphatic heterocycles. The normalized spacial score (nSPS) is 19.8. The van der Waals surface area contributed by atoms with Gasteiger partial charge in [-0.2, -0.15) is 0 Å². The lowest BCUT2D eigenvalue weighted by molar-refractivity contribution is 0.435. The molecule has 5 nitrogen and oxygen atoms in total. The van der Waals surface area contributed by atoms with Crippen LogP contribution in [0.25, 0.3) is 0 Å². The average Bonchev–Trinajstić information content (AvgIpc) is 2.73. The van der Waals surface area contributed by atoms with Crippen LogP contribution >= 0.6 is 11.8 Å². The maximum atomic E-state index is 5.50. The van der Waals surface area contributed by atoms with Crippen molar-refractivity contribution in [3.05, 3.63) is 6.07 Å². The molecule has 20 heavy (non-hydrogen) atoms. The quantitative estimate of drug-likeness (QED) is 0.377. The first-order valence-corrected chi connectivity index (χ1v) is 8.64. The van der Waals surface area contributed by atoms with Gasteiger partial charge in [0.1, 0.15) is 11.6 Å². The van der Waals surface area contributed by atoms with Gasteiger partial charge in [-0.1, -0.05) is 31.5 Å². The third-order valence-corrected chi connectivity index (χ3v) is 4.44. The highest BCUT2D eigenvalue weighted by Crippen LogP contribution is 2.26. The predicted molar refractivity (Wildman–Crippen MR) is 86.1 cm³/mol. The van der Waals surface area contributed by atoms with Crippen LogP contribution in [0.2, 0.25) is 0 Å². The number of hydrazine groups is 1. The van der Waals surface area contributed by atoms with Gasteiger partial charge in [0.2, 0.25) is 0 Å². The summed E-state index contributed by atoms with van der Waals surface area (Å²) in [6, 6.07) is 1.94. The number of anilines is 2. The lowest BCUT2D eigenvalue weighted by Crippen LogP contribution is -2.26. The highest BCUT2D eigenvalue weighted by atomic mass is 32.2. The average molecular weight is 295 g/mol. The molecule has 1 aliphatic rings. The predicted octanol–water partition coefficient (Wildman–Crippen LogP) is 2.89. The van der Waals surface area contributed by atoms with Crippen LogP contribution in [0, 0.1) is 5.92 Å². The lowest BCUT2D eigenvalue weighted by atomic mass is 9.96. The minimum atomic E-state index is 0.689. The number of hydrogen-bond donors (Lipinski definition) is 2. The standard InChI is InChI=1S/C14H25N5S/c1-3-5-11-6-4-8-19(9-7-11)13-10-12(18-15)16-14(17-13)20-2/h10-11H,3-9,15H2,1-2H3,(H,16,17,18). The maximum Gasteiger partial charge on any atom is 0.191 e. The smallest absolute Gasteiger partial charge is 0.191 e. The van der Waals surface area contributed by atoms with Crippen LogP contribution in [0.5, 0.6) is 0 Å². The molecule has 3 N–H and O–H groups in total. The summed E-state index contributed by atoms with van der Waals surface area (Å²) in [5.41, 5.74) is 2.63. The van der Waals surface area contributed by atoms with Crippen LogP contribution < -0.4 is 16.2 Å². The second-order valence-electron chi connectivity index (χ2n) is 5.32. The van der Waals surface area contributed by atoms with E-state index < -0.39 is 0 Å². The fourth-order valence-electron chi connectivity index (χ4n) is 2.83. The Morgan fingerprint density at radius 1 is 1.40 bits per heavy atom. The molecular weight excluding hydrogens is 270 g/mol. The number of hydrogen-bond acceptors (Lipinski definition) is 6. The highest BCUT2D eigenvalue weighted by Gasteiger charge is 2.18. The molecule has 0 aromatic carbocycles. The van der Waals surface area contributed by atoms with Gasteiger partial charge in [-0.15, -0.1) is 0 Å². The Bertz CT molecular complexity index is 404. The van der Waals surface area contributed by atoms with Gasteiger partial charge in [0.25, 0.3) is 0 Å². The van der Waals surface area contributed by atoms with E-state index in [9.17, 15) is 0 Å². The van der Waals surface area contributed by atoms with Crippen molar-refractivity contribution in [3.63, 3.8) is 0 Å². The molecule has 0 spiro atoms. The van der Waals surface area contributed by atoms with Crippen LogP contribution in [0.15, 0.2) is 11.2 Å². The Kier molecular flexibility index (Phi) is 5.91. The SMILES string of the molecule is CCCC1CCCN(c2cc(NN)nc(SC)n2)CC1. The third-order valence-electron chi connectivity index (χ3n) is 3.89. The summed E-state index contributed by atoms with van der Waals surface area (Å²) >= 11 is 1.55. The second kappa shape index (κ2) is 7.69. The Morgan fingerprint density at radius 3 is 2.95 bits per heavy atom. The van der Waals surface area contributed by atoms with Gasteiger partial charge < -0.3 is 10.3 Å². The molecule has 1 aromatic heterocycles. The molecule has 2 rings (SSSR count). The van der Waals surface area contributed by atoms with E-state index in [-0.39, 0.29) is 0 Å². The first-order chi connectivity index (χ1) is 9.76. The van der Waals surface area contributed by atoms with E-state index in [1.54, 1.807) is 11.8 Å². The van der Waals surface area contributed by atoms with Crippen LogP contribution in [-0.4, -0.2) is 29.3 Å². The van der Waals surface area contributed by atoms with Gasteiger partial charge in [-0.3, -0.25) is 0 Å². The van der Waals surface area contributed by atoms with Gasteiger partial charge in [0.15, 0.2) is 5.16 Å². The first kappa shape index (κ1) is 15.4. The number of thioether (sulfide) groups is 1. The Labute approximate surface area is 125 Å². The summed E-state index contributed by atoms with van der Waals surface area (Å²) in [7, 11) is 0. The Morgan fingerprint density at radius 2 is 2.25 bits per heavy atom. The van der Waals surface area contributed by atoms with Gasteiger partial charge in [-0.25, -0.2) is 15.8 Å². The summed E-state index contributed by atoms with van der Waals surface area (Å²) in [6.45, 7) is 4.44. The zero-order chi connectivity index (χ0) is 14.4. The summed E-state index contributed by atoms with van der Waals surface area (Å²) in [5, 5.41) is 0.768. The molecule has 1 unspecified atom stereocenters. The molecule has 0 bridgehead atoms. The van der Waals surface area contributed by atoms with Crippen molar-refractivity contribution in [3.8, 4) is 0 Å². The molecule has 1 aromatic rings. The third kappa shape index (κ3) is 3.99. The zero-order valence-corrected chi connectivity index (χ0v) is 13.2. The molecule has 0 radical (unpaired) electrons. The van der Waals surface area contributed by atoms with Crippen molar-refractivity contribution in [2.24, 2.45) is 11.8 Å². The van der Waals surface area contributed by atoms with Crippen LogP contribution in [0.1, 0.15) is 39.0 Å². The molecule has 112 valence electrons. The van der Waals surface area contributed by atoms with E-state index >= 15 is 0 Å². The van der Waals surface area contributed by atoms with E-state index in [1.165, 1.54) is 32.1 Å². The van der Waals surface area contributed by atoms with Gasteiger partial charge in [0.05, 0.1) is 0 Å². The summed E-state index contributed by atoms with van der Waals surface area (Å²) in [4.78, 5) is 11.3. The van der Waals surface area contributed by atoms with Crippen molar-refractivity contribution in [1.82, 2.24) is 9.97 Å². The van der Waals surface area contributed by atoms with Crippen molar-refractivity contribution in [1.29, 1.82) is 0 Å². The van der Waals surface area contributed by atoms with Crippen LogP contribution in [-0.2, 0) is 0 Å². The molecular formula is C14H25N5S. The minimum absolute atomic E-state index is 0.689. The molecule has 0 saturated carbocycles. The van der Waals surface area contributed by atoms with Gasteiger partial charge in [-0.05, 0) is 31.4 Å². The minimum Gasteiger partial charge on any atom is -0.356 e. The van der Waals surface area contributed by atoms with Crippen molar-refractivity contribution in [2.75, 3.05) is 29.7 Å². The molecule has 0 aliphatic carbocycles. The van der Waals surface area contributed by atoms with Gasteiger partial charge in [0, 0.05) is 19.2 Å². The van der Waals surface area contributed by atoms with E-state index in [0.29, 0.717) is 5.82 Å². The van der Waals surface area contributed by atoms with Crippen LogP contribution in [0.3, 0.4) is 0 Å². The fraction of sp³-hybridized carbons (Fsp3) is 0.714. The maximum absolute atomic E-state index is 5.50. The van der Waals surface area contributed by atoms with E-state index in [0.717, 1.165) is 30.0 Å². The topological polar surface area (TPSA) is 67.1 Å². The van der Waals surface area contributed by atoms with Crippen molar-refractivity contribution < 1.29 is 0 Å².